The van der Waals surface area contributed by atoms with Gasteiger partial charge in [0.05, 0.1) is 25.0 Å². The van der Waals surface area contributed by atoms with Crippen LogP contribution < -0.4 is 4.74 Å². The van der Waals surface area contributed by atoms with E-state index < -0.39 is 5.60 Å². The summed E-state index contributed by atoms with van der Waals surface area (Å²) >= 11 is 0. The summed E-state index contributed by atoms with van der Waals surface area (Å²) < 4.78 is 11.3. The molecule has 5 rings (SSSR count). The number of benzene rings is 1. The maximum absolute atomic E-state index is 12.9. The number of nitrogens with zero attached hydrogens (tertiary/aromatic N) is 5. The highest BCUT2D eigenvalue weighted by Gasteiger charge is 2.43. The van der Waals surface area contributed by atoms with Gasteiger partial charge >= 0.3 is 6.01 Å². The van der Waals surface area contributed by atoms with Crippen LogP contribution in [0.3, 0.4) is 0 Å². The summed E-state index contributed by atoms with van der Waals surface area (Å²) in [5.41, 5.74) is 3.06. The molecule has 2 aliphatic heterocycles. The highest BCUT2D eigenvalue weighted by atomic mass is 16.5. The summed E-state index contributed by atoms with van der Waals surface area (Å²) in [5, 5.41) is 0. The van der Waals surface area contributed by atoms with Crippen molar-refractivity contribution >= 4 is 5.91 Å². The normalized spacial score (nSPS) is 17.3. The van der Waals surface area contributed by atoms with Gasteiger partial charge in [-0.3, -0.25) is 4.79 Å². The van der Waals surface area contributed by atoms with E-state index in [0.29, 0.717) is 43.9 Å². The van der Waals surface area contributed by atoms with Crippen LogP contribution >= 0.6 is 0 Å². The molecule has 1 aromatic carbocycles. The Labute approximate surface area is 180 Å². The molecule has 2 aromatic heterocycles. The van der Waals surface area contributed by atoms with E-state index >= 15 is 0 Å². The van der Waals surface area contributed by atoms with Crippen LogP contribution in [0.4, 0.5) is 0 Å². The van der Waals surface area contributed by atoms with Gasteiger partial charge in [0.1, 0.15) is 5.60 Å². The lowest BCUT2D eigenvalue weighted by Crippen LogP contribution is -2.49. The zero-order valence-electron chi connectivity index (χ0n) is 17.3. The van der Waals surface area contributed by atoms with Crippen molar-refractivity contribution in [2.45, 2.75) is 24.9 Å². The molecule has 4 heterocycles. The molecule has 0 atom stereocenters. The van der Waals surface area contributed by atoms with Gasteiger partial charge in [-0.25, -0.2) is 19.9 Å². The second kappa shape index (κ2) is 8.03. The maximum Gasteiger partial charge on any atom is 0.316 e. The van der Waals surface area contributed by atoms with Crippen LogP contribution in [0.1, 0.15) is 34.5 Å². The zero-order chi connectivity index (χ0) is 21.3. The largest absolute Gasteiger partial charge is 0.467 e. The number of likely N-dealkylation sites (tertiary alicyclic amines) is 1. The van der Waals surface area contributed by atoms with Crippen molar-refractivity contribution in [1.82, 2.24) is 24.8 Å². The van der Waals surface area contributed by atoms with Gasteiger partial charge in [-0.2, -0.15) is 0 Å². The zero-order valence-corrected chi connectivity index (χ0v) is 17.3. The first-order chi connectivity index (χ1) is 15.2. The number of rotatable bonds is 3. The molecule has 1 saturated heterocycles. The Kier molecular flexibility index (Phi) is 5.07. The average molecular weight is 417 g/mol. The minimum absolute atomic E-state index is 0.0822. The third-order valence-electron chi connectivity index (χ3n) is 5.99. The number of fused-ring (bicyclic) bond motifs is 2. The third kappa shape index (κ3) is 3.63. The number of aromatic nitrogens is 4. The first-order valence-corrected chi connectivity index (χ1v) is 10.4. The lowest BCUT2D eigenvalue weighted by molar-refractivity contribution is -0.0967. The summed E-state index contributed by atoms with van der Waals surface area (Å²) in [7, 11) is 1.50. The molecule has 1 spiro atoms. The fourth-order valence-electron chi connectivity index (χ4n) is 4.30. The molecule has 0 aliphatic carbocycles. The van der Waals surface area contributed by atoms with Crippen molar-refractivity contribution in [3.63, 3.8) is 0 Å². The van der Waals surface area contributed by atoms with Crippen molar-refractivity contribution in [1.29, 1.82) is 0 Å². The van der Waals surface area contributed by atoms with Crippen LogP contribution in [0.5, 0.6) is 6.01 Å². The van der Waals surface area contributed by atoms with Gasteiger partial charge in [0, 0.05) is 37.2 Å². The monoisotopic (exact) mass is 417 g/mol. The number of piperidine rings is 1. The summed E-state index contributed by atoms with van der Waals surface area (Å²) in [6.45, 7) is 1.80. The Hall–Kier alpha value is -3.39. The minimum atomic E-state index is -0.479. The predicted octanol–water partition coefficient (Wildman–Crippen LogP) is 2.65. The van der Waals surface area contributed by atoms with Crippen LogP contribution in [0.25, 0.3) is 11.4 Å². The molecule has 3 aromatic rings. The standard InChI is InChI=1S/C23H23N5O3/c1-30-22-25-14-18(15-26-22)21(29)28-10-8-23(9-11-28)19-17(7-12-31-23)13-24-20(27-19)16-5-3-2-4-6-16/h2-6,13-15H,7-12H2,1H3. The van der Waals surface area contributed by atoms with Gasteiger partial charge in [0.15, 0.2) is 5.82 Å². The number of ether oxygens (including phenoxy) is 2. The van der Waals surface area contributed by atoms with Gasteiger partial charge < -0.3 is 14.4 Å². The van der Waals surface area contributed by atoms with E-state index in [2.05, 4.69) is 15.0 Å². The molecule has 0 bridgehead atoms. The Morgan fingerprint density at radius 1 is 1.06 bits per heavy atom. The molecule has 0 radical (unpaired) electrons. The van der Waals surface area contributed by atoms with Crippen LogP contribution in [0.15, 0.2) is 48.9 Å². The van der Waals surface area contributed by atoms with Crippen LogP contribution in [0.2, 0.25) is 0 Å². The van der Waals surface area contributed by atoms with Crippen molar-refractivity contribution in [2.75, 3.05) is 26.8 Å². The Morgan fingerprint density at radius 3 is 2.52 bits per heavy atom. The van der Waals surface area contributed by atoms with E-state index in [9.17, 15) is 4.79 Å². The first-order valence-electron chi connectivity index (χ1n) is 10.4. The van der Waals surface area contributed by atoms with Gasteiger partial charge in [-0.05, 0) is 24.8 Å². The Balaban J connectivity index is 1.37. The van der Waals surface area contributed by atoms with Gasteiger partial charge in [0.2, 0.25) is 0 Å². The topological polar surface area (TPSA) is 90.3 Å². The van der Waals surface area contributed by atoms with Crippen LogP contribution in [0, 0.1) is 0 Å². The molecule has 31 heavy (non-hydrogen) atoms. The molecule has 0 N–H and O–H groups in total. The predicted molar refractivity (Wildman–Crippen MR) is 113 cm³/mol. The SMILES string of the molecule is COc1ncc(C(=O)N2CCC3(CC2)OCCc2cnc(-c4ccccc4)nc23)cn1. The Morgan fingerprint density at radius 2 is 1.81 bits per heavy atom. The van der Waals surface area contributed by atoms with Crippen molar-refractivity contribution < 1.29 is 14.3 Å². The number of methoxy groups -OCH3 is 1. The third-order valence-corrected chi connectivity index (χ3v) is 5.99. The summed E-state index contributed by atoms with van der Waals surface area (Å²) in [6.07, 6.45) is 7.12. The van der Waals surface area contributed by atoms with Gasteiger partial charge in [-0.1, -0.05) is 30.3 Å². The summed E-state index contributed by atoms with van der Waals surface area (Å²) in [4.78, 5) is 32.3. The molecule has 8 heteroatoms. The average Bonchev–Trinajstić information content (AvgIpc) is 2.85. The molecule has 8 nitrogen and oxygen atoms in total. The van der Waals surface area contributed by atoms with Crippen LogP contribution in [-0.4, -0.2) is 57.5 Å². The molecule has 0 unspecified atom stereocenters. The quantitative estimate of drug-likeness (QED) is 0.647. The van der Waals surface area contributed by atoms with Gasteiger partial charge in [-0.15, -0.1) is 0 Å². The van der Waals surface area contributed by atoms with E-state index in [1.165, 1.54) is 19.5 Å². The number of carbonyl (C=O) groups excluding carboxylic acids is 1. The Bertz CT molecular complexity index is 1080. The number of hydrogen-bond acceptors (Lipinski definition) is 7. The molecule has 1 amide bonds. The number of carbonyl (C=O) groups is 1. The van der Waals surface area contributed by atoms with E-state index in [4.69, 9.17) is 14.5 Å². The summed E-state index contributed by atoms with van der Waals surface area (Å²) in [6, 6.07) is 10.2. The molecule has 2 aliphatic rings. The van der Waals surface area contributed by atoms with Crippen molar-refractivity contribution in [2.24, 2.45) is 0 Å². The number of hydrogen-bond donors (Lipinski definition) is 0. The van der Waals surface area contributed by atoms with E-state index in [-0.39, 0.29) is 11.9 Å². The first kappa shape index (κ1) is 19.6. The highest BCUT2D eigenvalue weighted by molar-refractivity contribution is 5.93. The molecular weight excluding hydrogens is 394 g/mol. The molecular formula is C23H23N5O3. The molecule has 1 fully saturated rings. The second-order valence-corrected chi connectivity index (χ2v) is 7.78. The summed E-state index contributed by atoms with van der Waals surface area (Å²) in [5.74, 6) is 0.624. The maximum atomic E-state index is 12.9. The van der Waals surface area contributed by atoms with Crippen LogP contribution in [-0.2, 0) is 16.8 Å². The smallest absolute Gasteiger partial charge is 0.316 e. The van der Waals surface area contributed by atoms with E-state index in [0.717, 1.165) is 23.2 Å². The van der Waals surface area contributed by atoms with Gasteiger partial charge in [0.25, 0.3) is 5.91 Å². The van der Waals surface area contributed by atoms with Crippen molar-refractivity contribution in [3.8, 4) is 17.4 Å². The van der Waals surface area contributed by atoms with E-state index in [1.807, 2.05) is 41.4 Å². The highest BCUT2D eigenvalue weighted by Crippen LogP contribution is 2.41. The molecule has 158 valence electrons. The lowest BCUT2D eigenvalue weighted by atomic mass is 9.83. The minimum Gasteiger partial charge on any atom is -0.467 e. The van der Waals surface area contributed by atoms with Crippen molar-refractivity contribution in [3.05, 3.63) is 65.7 Å². The number of amides is 1. The lowest BCUT2D eigenvalue weighted by Gasteiger charge is -2.44. The fraction of sp³-hybridized carbons (Fsp3) is 0.348. The van der Waals surface area contributed by atoms with E-state index in [1.54, 1.807) is 0 Å². The molecule has 0 saturated carbocycles. The fourth-order valence-corrected chi connectivity index (χ4v) is 4.30. The second-order valence-electron chi connectivity index (χ2n) is 7.78.